The Balaban J connectivity index is 1.84. The number of fused-ring (bicyclic) bond motifs is 1. The van der Waals surface area contributed by atoms with Crippen LogP contribution in [0.3, 0.4) is 0 Å². The van der Waals surface area contributed by atoms with Gasteiger partial charge in [0.05, 0.1) is 11.3 Å². The van der Waals surface area contributed by atoms with Gasteiger partial charge in [0.25, 0.3) is 5.91 Å². The molecule has 1 aromatic carbocycles. The smallest absolute Gasteiger partial charge is 0.255 e. The van der Waals surface area contributed by atoms with Crippen LogP contribution in [0.1, 0.15) is 33.7 Å². The van der Waals surface area contributed by atoms with Crippen LogP contribution in [-0.4, -0.2) is 10.5 Å². The highest BCUT2D eigenvalue weighted by atomic mass is 16.1. The van der Waals surface area contributed by atoms with Crippen molar-refractivity contribution in [2.24, 2.45) is 0 Å². The third-order valence-electron chi connectivity index (χ3n) is 3.83. The Hall–Kier alpha value is -2.74. The van der Waals surface area contributed by atoms with E-state index in [-0.39, 0.29) is 5.91 Å². The van der Waals surface area contributed by atoms with Gasteiger partial charge in [-0.05, 0) is 18.4 Å². The minimum atomic E-state index is -0.205. The SMILES string of the molecule is N#Cc1c(N)c(C(=O)NCc2ccccc2)c2n1CCC2. The van der Waals surface area contributed by atoms with Crippen molar-refractivity contribution in [3.63, 3.8) is 0 Å². The maximum absolute atomic E-state index is 12.4. The molecule has 5 nitrogen and oxygen atoms in total. The maximum atomic E-state index is 12.4. The van der Waals surface area contributed by atoms with E-state index >= 15 is 0 Å². The van der Waals surface area contributed by atoms with E-state index in [0.717, 1.165) is 30.6 Å². The number of nitrogens with zero attached hydrogens (tertiary/aromatic N) is 2. The molecule has 2 heterocycles. The summed E-state index contributed by atoms with van der Waals surface area (Å²) in [6, 6.07) is 11.8. The predicted molar refractivity (Wildman–Crippen MR) is 79.5 cm³/mol. The molecule has 2 aromatic rings. The van der Waals surface area contributed by atoms with Gasteiger partial charge in [0, 0.05) is 18.8 Å². The summed E-state index contributed by atoms with van der Waals surface area (Å²) in [5.41, 5.74) is 9.09. The van der Waals surface area contributed by atoms with Gasteiger partial charge in [-0.15, -0.1) is 0 Å². The normalized spacial score (nSPS) is 12.7. The Morgan fingerprint density at radius 3 is 2.86 bits per heavy atom. The molecule has 1 aromatic heterocycles. The van der Waals surface area contributed by atoms with Gasteiger partial charge in [-0.3, -0.25) is 4.79 Å². The highest BCUT2D eigenvalue weighted by Gasteiger charge is 2.28. The van der Waals surface area contributed by atoms with Crippen LogP contribution in [0.4, 0.5) is 5.69 Å². The zero-order valence-corrected chi connectivity index (χ0v) is 11.6. The summed E-state index contributed by atoms with van der Waals surface area (Å²) in [6.45, 7) is 1.21. The summed E-state index contributed by atoms with van der Waals surface area (Å²) in [5, 5.41) is 12.1. The Morgan fingerprint density at radius 1 is 1.38 bits per heavy atom. The molecule has 21 heavy (non-hydrogen) atoms. The van der Waals surface area contributed by atoms with Gasteiger partial charge in [-0.1, -0.05) is 30.3 Å². The van der Waals surface area contributed by atoms with E-state index in [4.69, 9.17) is 5.73 Å². The summed E-state index contributed by atoms with van der Waals surface area (Å²) in [5.74, 6) is -0.205. The number of amides is 1. The van der Waals surface area contributed by atoms with E-state index in [0.29, 0.717) is 23.5 Å². The average Bonchev–Trinajstić information content (AvgIpc) is 3.05. The molecule has 0 aliphatic carbocycles. The molecule has 1 aliphatic rings. The summed E-state index contributed by atoms with van der Waals surface area (Å²) in [6.07, 6.45) is 1.74. The van der Waals surface area contributed by atoms with Crippen LogP contribution in [0.5, 0.6) is 0 Å². The lowest BCUT2D eigenvalue weighted by atomic mass is 10.1. The Labute approximate surface area is 123 Å². The van der Waals surface area contributed by atoms with E-state index in [1.807, 2.05) is 34.9 Å². The minimum absolute atomic E-state index is 0.205. The van der Waals surface area contributed by atoms with E-state index in [1.54, 1.807) is 0 Å². The molecule has 106 valence electrons. The van der Waals surface area contributed by atoms with E-state index in [1.165, 1.54) is 0 Å². The topological polar surface area (TPSA) is 83.8 Å². The van der Waals surface area contributed by atoms with Gasteiger partial charge in [-0.2, -0.15) is 5.26 Å². The van der Waals surface area contributed by atoms with Crippen molar-refractivity contribution in [3.05, 3.63) is 52.8 Å². The minimum Gasteiger partial charge on any atom is -0.396 e. The first-order valence-corrected chi connectivity index (χ1v) is 6.95. The molecular weight excluding hydrogens is 264 g/mol. The number of benzene rings is 1. The van der Waals surface area contributed by atoms with Crippen LogP contribution in [-0.2, 0) is 19.5 Å². The number of hydrogen-bond donors (Lipinski definition) is 2. The first-order valence-electron chi connectivity index (χ1n) is 6.95. The van der Waals surface area contributed by atoms with Crippen molar-refractivity contribution in [2.75, 3.05) is 5.73 Å². The first kappa shape index (κ1) is 13.3. The van der Waals surface area contributed by atoms with Gasteiger partial charge in [-0.25, -0.2) is 0 Å². The van der Waals surface area contributed by atoms with E-state index < -0.39 is 0 Å². The third-order valence-corrected chi connectivity index (χ3v) is 3.83. The molecule has 5 heteroatoms. The lowest BCUT2D eigenvalue weighted by Gasteiger charge is -2.06. The molecule has 1 aliphatic heterocycles. The van der Waals surface area contributed by atoms with E-state index in [2.05, 4.69) is 11.4 Å². The summed E-state index contributed by atoms with van der Waals surface area (Å²) < 4.78 is 1.87. The number of nitrogens with two attached hydrogens (primary N) is 1. The number of carbonyl (C=O) groups is 1. The molecule has 0 bridgehead atoms. The molecule has 0 saturated carbocycles. The van der Waals surface area contributed by atoms with Crippen molar-refractivity contribution in [2.45, 2.75) is 25.9 Å². The molecule has 0 fully saturated rings. The Bertz CT molecular complexity index is 725. The standard InChI is InChI=1S/C16H16N4O/c17-9-13-15(18)14(12-7-4-8-20(12)13)16(21)19-10-11-5-2-1-3-6-11/h1-3,5-6H,4,7-8,10,18H2,(H,19,21). The van der Waals surface area contributed by atoms with Crippen molar-refractivity contribution < 1.29 is 4.79 Å². The predicted octanol–water partition coefficient (Wildman–Crippen LogP) is 1.82. The van der Waals surface area contributed by atoms with Crippen LogP contribution < -0.4 is 11.1 Å². The van der Waals surface area contributed by atoms with Crippen LogP contribution in [0.2, 0.25) is 0 Å². The molecule has 0 atom stereocenters. The van der Waals surface area contributed by atoms with Crippen LogP contribution in [0, 0.1) is 11.3 Å². The second-order valence-corrected chi connectivity index (χ2v) is 5.12. The quantitative estimate of drug-likeness (QED) is 0.899. The monoisotopic (exact) mass is 280 g/mol. The van der Waals surface area contributed by atoms with Crippen molar-refractivity contribution in [1.82, 2.24) is 9.88 Å². The van der Waals surface area contributed by atoms with Gasteiger partial charge in [0.2, 0.25) is 0 Å². The third kappa shape index (κ3) is 2.25. The van der Waals surface area contributed by atoms with Gasteiger partial charge in [0.1, 0.15) is 11.8 Å². The van der Waals surface area contributed by atoms with Gasteiger partial charge < -0.3 is 15.6 Å². The summed E-state index contributed by atoms with van der Waals surface area (Å²) in [4.78, 5) is 12.4. The molecule has 1 amide bonds. The van der Waals surface area contributed by atoms with Gasteiger partial charge in [0.15, 0.2) is 0 Å². The van der Waals surface area contributed by atoms with E-state index in [9.17, 15) is 10.1 Å². The molecule has 0 radical (unpaired) electrons. The van der Waals surface area contributed by atoms with Crippen molar-refractivity contribution in [3.8, 4) is 6.07 Å². The first-order chi connectivity index (χ1) is 10.2. The lowest BCUT2D eigenvalue weighted by Crippen LogP contribution is -2.24. The molecule has 3 N–H and O–H groups in total. The fraction of sp³-hybridized carbons (Fsp3) is 0.250. The fourth-order valence-corrected chi connectivity index (χ4v) is 2.84. The van der Waals surface area contributed by atoms with Crippen LogP contribution in [0.25, 0.3) is 0 Å². The zero-order valence-electron chi connectivity index (χ0n) is 11.6. The summed E-state index contributed by atoms with van der Waals surface area (Å²) in [7, 11) is 0. The average molecular weight is 280 g/mol. The number of nitrogens with one attached hydrogen (secondary N) is 1. The molecule has 0 saturated heterocycles. The highest BCUT2D eigenvalue weighted by molar-refractivity contribution is 6.01. The number of hydrogen-bond acceptors (Lipinski definition) is 3. The van der Waals surface area contributed by atoms with Crippen molar-refractivity contribution in [1.29, 1.82) is 5.26 Å². The number of nitriles is 1. The second-order valence-electron chi connectivity index (χ2n) is 5.12. The Morgan fingerprint density at radius 2 is 2.14 bits per heavy atom. The maximum Gasteiger partial charge on any atom is 0.255 e. The van der Waals surface area contributed by atoms with Gasteiger partial charge >= 0.3 is 0 Å². The Kier molecular flexibility index (Phi) is 3.36. The number of rotatable bonds is 3. The number of anilines is 1. The number of carbonyl (C=O) groups excluding carboxylic acids is 1. The fourth-order valence-electron chi connectivity index (χ4n) is 2.84. The second kappa shape index (κ2) is 5.33. The molecule has 0 unspecified atom stereocenters. The van der Waals surface area contributed by atoms with Crippen molar-refractivity contribution >= 4 is 11.6 Å². The molecular formula is C16H16N4O. The molecule has 0 spiro atoms. The largest absolute Gasteiger partial charge is 0.396 e. The zero-order chi connectivity index (χ0) is 14.8. The van der Waals surface area contributed by atoms with Crippen LogP contribution >= 0.6 is 0 Å². The van der Waals surface area contributed by atoms with Crippen LogP contribution in [0.15, 0.2) is 30.3 Å². The molecule has 3 rings (SSSR count). The highest BCUT2D eigenvalue weighted by Crippen LogP contribution is 2.30. The number of nitrogen functional groups attached to an aromatic ring is 1. The summed E-state index contributed by atoms with van der Waals surface area (Å²) >= 11 is 0. The lowest BCUT2D eigenvalue weighted by molar-refractivity contribution is 0.0951. The number of aromatic nitrogens is 1.